The van der Waals surface area contributed by atoms with E-state index < -0.39 is 5.69 Å². The van der Waals surface area contributed by atoms with Crippen LogP contribution in [0.5, 0.6) is 0 Å². The number of rotatable bonds is 1. The molecule has 0 amide bonds. The highest BCUT2D eigenvalue weighted by Crippen LogP contribution is 2.17. The molecule has 0 fully saturated rings. The van der Waals surface area contributed by atoms with Gasteiger partial charge < -0.3 is 15.3 Å². The number of anilines is 1. The summed E-state index contributed by atoms with van der Waals surface area (Å²) in [5.74, 6) is 0.613. The van der Waals surface area contributed by atoms with Gasteiger partial charge in [-0.2, -0.15) is 4.98 Å². The first-order chi connectivity index (χ1) is 6.68. The standard InChI is InChI=1S/C8H9N5O/c1-13-3-2-10-7(13)6-5(9)4-11-8(14)12-6/h2-4H,9H2,1H3,(H,11,12,14). The van der Waals surface area contributed by atoms with E-state index in [1.807, 2.05) is 7.05 Å². The summed E-state index contributed by atoms with van der Waals surface area (Å²) in [7, 11) is 1.82. The molecule has 0 bridgehead atoms. The predicted octanol–water partition coefficient (Wildman–Crippen LogP) is -0.247. The maximum absolute atomic E-state index is 11.0. The summed E-state index contributed by atoms with van der Waals surface area (Å²) in [4.78, 5) is 21.1. The van der Waals surface area contributed by atoms with Crippen LogP contribution < -0.4 is 11.4 Å². The summed E-state index contributed by atoms with van der Waals surface area (Å²) in [5.41, 5.74) is 6.13. The molecule has 6 nitrogen and oxygen atoms in total. The highest BCUT2D eigenvalue weighted by atomic mass is 16.1. The Balaban J connectivity index is 2.68. The van der Waals surface area contributed by atoms with Crippen molar-refractivity contribution in [1.29, 1.82) is 0 Å². The third kappa shape index (κ3) is 1.26. The van der Waals surface area contributed by atoms with Crippen LogP contribution in [-0.4, -0.2) is 19.5 Å². The van der Waals surface area contributed by atoms with Crippen molar-refractivity contribution in [2.75, 3.05) is 5.73 Å². The van der Waals surface area contributed by atoms with Gasteiger partial charge in [-0.15, -0.1) is 0 Å². The average Bonchev–Trinajstić information content (AvgIpc) is 2.56. The van der Waals surface area contributed by atoms with Crippen molar-refractivity contribution in [2.45, 2.75) is 0 Å². The Labute approximate surface area is 79.4 Å². The molecular formula is C8H9N5O. The van der Waals surface area contributed by atoms with Crippen molar-refractivity contribution in [2.24, 2.45) is 7.05 Å². The van der Waals surface area contributed by atoms with Crippen LogP contribution in [0.15, 0.2) is 23.4 Å². The number of hydrogen-bond donors (Lipinski definition) is 2. The van der Waals surface area contributed by atoms with E-state index in [0.717, 1.165) is 0 Å². The number of H-pyrrole nitrogens is 1. The second-order valence-electron chi connectivity index (χ2n) is 2.88. The summed E-state index contributed by atoms with van der Waals surface area (Å²) < 4.78 is 1.77. The normalized spacial score (nSPS) is 10.4. The molecule has 0 unspecified atom stereocenters. The van der Waals surface area contributed by atoms with E-state index >= 15 is 0 Å². The zero-order valence-corrected chi connectivity index (χ0v) is 7.56. The number of imidazole rings is 1. The number of nitrogens with zero attached hydrogens (tertiary/aromatic N) is 3. The lowest BCUT2D eigenvalue weighted by atomic mass is 10.3. The summed E-state index contributed by atoms with van der Waals surface area (Å²) in [6.07, 6.45) is 4.73. The molecule has 0 saturated carbocycles. The van der Waals surface area contributed by atoms with Crippen LogP contribution in [0.4, 0.5) is 5.69 Å². The molecular weight excluding hydrogens is 182 g/mol. The SMILES string of the molecule is Cn1ccnc1-c1[nH]c(=O)ncc1N. The van der Waals surface area contributed by atoms with Gasteiger partial charge in [0.1, 0.15) is 5.69 Å². The predicted molar refractivity (Wildman–Crippen MR) is 51.5 cm³/mol. The highest BCUT2D eigenvalue weighted by molar-refractivity contribution is 5.65. The molecule has 0 saturated heterocycles. The van der Waals surface area contributed by atoms with Crippen molar-refractivity contribution < 1.29 is 0 Å². The number of nitrogen functional groups attached to an aromatic ring is 1. The Hall–Kier alpha value is -2.11. The van der Waals surface area contributed by atoms with Gasteiger partial charge in [-0.25, -0.2) is 9.78 Å². The van der Waals surface area contributed by atoms with Crippen LogP contribution in [-0.2, 0) is 7.05 Å². The van der Waals surface area contributed by atoms with Gasteiger partial charge in [0.05, 0.1) is 11.9 Å². The molecule has 0 aliphatic heterocycles. The molecule has 0 atom stereocenters. The fourth-order valence-corrected chi connectivity index (χ4v) is 1.20. The Morgan fingerprint density at radius 2 is 2.29 bits per heavy atom. The van der Waals surface area contributed by atoms with Gasteiger partial charge >= 0.3 is 5.69 Å². The quantitative estimate of drug-likeness (QED) is 0.650. The Bertz CT molecular complexity index is 512. The lowest BCUT2D eigenvalue weighted by Crippen LogP contribution is -2.13. The van der Waals surface area contributed by atoms with Crippen LogP contribution in [0.1, 0.15) is 0 Å². The van der Waals surface area contributed by atoms with Crippen molar-refractivity contribution in [3.8, 4) is 11.5 Å². The van der Waals surface area contributed by atoms with Crippen molar-refractivity contribution in [3.05, 3.63) is 29.1 Å². The van der Waals surface area contributed by atoms with E-state index in [2.05, 4.69) is 15.0 Å². The van der Waals surface area contributed by atoms with Gasteiger partial charge in [0.25, 0.3) is 0 Å². The van der Waals surface area contributed by atoms with E-state index in [1.54, 1.807) is 17.0 Å². The fraction of sp³-hybridized carbons (Fsp3) is 0.125. The summed E-state index contributed by atoms with van der Waals surface area (Å²) in [6.45, 7) is 0. The molecule has 2 aromatic rings. The van der Waals surface area contributed by atoms with Crippen LogP contribution in [0.2, 0.25) is 0 Å². The molecule has 72 valence electrons. The van der Waals surface area contributed by atoms with Gasteiger partial charge in [0.15, 0.2) is 5.82 Å². The number of nitrogens with one attached hydrogen (secondary N) is 1. The van der Waals surface area contributed by atoms with E-state index in [0.29, 0.717) is 17.2 Å². The highest BCUT2D eigenvalue weighted by Gasteiger charge is 2.08. The maximum atomic E-state index is 11.0. The minimum Gasteiger partial charge on any atom is -0.396 e. The monoisotopic (exact) mass is 191 g/mol. The van der Waals surface area contributed by atoms with E-state index in [-0.39, 0.29) is 0 Å². The summed E-state index contributed by atoms with van der Waals surface area (Å²) in [6, 6.07) is 0. The third-order valence-corrected chi connectivity index (χ3v) is 1.89. The molecule has 2 aromatic heterocycles. The van der Waals surface area contributed by atoms with E-state index in [1.165, 1.54) is 6.20 Å². The molecule has 2 heterocycles. The molecule has 2 rings (SSSR count). The first-order valence-corrected chi connectivity index (χ1v) is 4.01. The van der Waals surface area contributed by atoms with Gasteiger partial charge in [-0.05, 0) is 0 Å². The van der Waals surface area contributed by atoms with Crippen molar-refractivity contribution >= 4 is 5.69 Å². The van der Waals surface area contributed by atoms with Crippen LogP contribution in [0, 0.1) is 0 Å². The molecule has 0 spiro atoms. The zero-order valence-electron chi connectivity index (χ0n) is 7.56. The Morgan fingerprint density at radius 1 is 1.50 bits per heavy atom. The summed E-state index contributed by atoms with van der Waals surface area (Å²) >= 11 is 0. The zero-order chi connectivity index (χ0) is 10.1. The molecule has 0 aromatic carbocycles. The fourth-order valence-electron chi connectivity index (χ4n) is 1.20. The van der Waals surface area contributed by atoms with Crippen LogP contribution in [0.3, 0.4) is 0 Å². The van der Waals surface area contributed by atoms with Gasteiger partial charge in [-0.1, -0.05) is 0 Å². The van der Waals surface area contributed by atoms with Crippen molar-refractivity contribution in [3.63, 3.8) is 0 Å². The molecule has 0 radical (unpaired) electrons. The molecule has 3 N–H and O–H groups in total. The number of aromatic nitrogens is 4. The number of hydrogen-bond acceptors (Lipinski definition) is 4. The topological polar surface area (TPSA) is 89.6 Å². The minimum atomic E-state index is -0.433. The largest absolute Gasteiger partial charge is 0.396 e. The van der Waals surface area contributed by atoms with Crippen molar-refractivity contribution in [1.82, 2.24) is 19.5 Å². The lowest BCUT2D eigenvalue weighted by molar-refractivity contribution is 0.912. The lowest BCUT2D eigenvalue weighted by Gasteiger charge is -2.03. The second-order valence-corrected chi connectivity index (χ2v) is 2.88. The van der Waals surface area contributed by atoms with Gasteiger partial charge in [-0.3, -0.25) is 0 Å². The third-order valence-electron chi connectivity index (χ3n) is 1.89. The molecule has 6 heteroatoms. The number of nitrogens with two attached hydrogens (primary N) is 1. The molecule has 0 aliphatic carbocycles. The Morgan fingerprint density at radius 3 is 2.93 bits per heavy atom. The smallest absolute Gasteiger partial charge is 0.345 e. The minimum absolute atomic E-state index is 0.402. The van der Waals surface area contributed by atoms with E-state index in [9.17, 15) is 4.79 Å². The maximum Gasteiger partial charge on any atom is 0.345 e. The molecule has 0 aliphatic rings. The van der Waals surface area contributed by atoms with E-state index in [4.69, 9.17) is 5.73 Å². The molecule has 14 heavy (non-hydrogen) atoms. The second kappa shape index (κ2) is 2.99. The van der Waals surface area contributed by atoms with Gasteiger partial charge in [0, 0.05) is 19.4 Å². The van der Waals surface area contributed by atoms with Crippen LogP contribution in [0.25, 0.3) is 11.5 Å². The number of aromatic amines is 1. The van der Waals surface area contributed by atoms with Gasteiger partial charge in [0.2, 0.25) is 0 Å². The average molecular weight is 191 g/mol. The summed E-state index contributed by atoms with van der Waals surface area (Å²) in [5, 5.41) is 0. The number of aryl methyl sites for hydroxylation is 1. The Kier molecular flexibility index (Phi) is 1.81. The first kappa shape index (κ1) is 8.49. The van der Waals surface area contributed by atoms with Crippen LogP contribution >= 0.6 is 0 Å². The first-order valence-electron chi connectivity index (χ1n) is 4.01.